The first-order valence-corrected chi connectivity index (χ1v) is 8.27. The van der Waals surface area contributed by atoms with E-state index in [0.29, 0.717) is 12.4 Å². The molecule has 27 heavy (non-hydrogen) atoms. The van der Waals surface area contributed by atoms with Gasteiger partial charge in [0.05, 0.1) is 6.61 Å². The summed E-state index contributed by atoms with van der Waals surface area (Å²) in [7, 11) is 0. The number of ether oxygens (including phenoxy) is 2. The zero-order valence-electron chi connectivity index (χ0n) is 14.9. The molecule has 0 aliphatic rings. The Kier molecular flexibility index (Phi) is 7.05. The monoisotopic (exact) mass is 375 g/mol. The van der Waals surface area contributed by atoms with Crippen molar-refractivity contribution in [1.29, 1.82) is 0 Å². The molecule has 2 aromatic carbocycles. The number of nitrogens with one attached hydrogen (secondary N) is 1. The lowest BCUT2D eigenvalue weighted by Gasteiger charge is -2.13. The van der Waals surface area contributed by atoms with Crippen molar-refractivity contribution in [3.05, 3.63) is 65.7 Å². The third kappa shape index (κ3) is 5.91. The number of hydrogen-bond acceptors (Lipinski definition) is 4. The molecule has 1 N–H and O–H groups in total. The molecule has 0 saturated carbocycles. The summed E-state index contributed by atoms with van der Waals surface area (Å²) in [5.41, 5.74) is 0.149. The van der Waals surface area contributed by atoms with Crippen molar-refractivity contribution >= 4 is 23.6 Å². The Bertz CT molecular complexity index is 814. The second-order valence-electron chi connectivity index (χ2n) is 5.50. The van der Waals surface area contributed by atoms with E-state index in [1.54, 1.807) is 24.3 Å². The minimum absolute atomic E-state index is 0.554. The summed E-state index contributed by atoms with van der Waals surface area (Å²) in [6.45, 7) is 3.73. The Balaban J connectivity index is 1.91. The topological polar surface area (TPSA) is 64.6 Å². The molecule has 2 aromatic rings. The molecular formula is C20H19F2NO4. The van der Waals surface area contributed by atoms with Gasteiger partial charge in [-0.25, -0.2) is 13.6 Å². The second-order valence-corrected chi connectivity index (χ2v) is 5.50. The fourth-order valence-electron chi connectivity index (χ4n) is 2.12. The molecule has 0 spiro atoms. The molecular weight excluding hydrogens is 356 g/mol. The van der Waals surface area contributed by atoms with Gasteiger partial charge in [0.2, 0.25) is 0 Å². The zero-order valence-corrected chi connectivity index (χ0v) is 14.9. The van der Waals surface area contributed by atoms with Crippen LogP contribution in [0.3, 0.4) is 0 Å². The van der Waals surface area contributed by atoms with Crippen LogP contribution in [-0.4, -0.2) is 24.6 Å². The predicted octanol–water partition coefficient (Wildman–Crippen LogP) is 3.95. The molecule has 2 rings (SSSR count). The summed E-state index contributed by atoms with van der Waals surface area (Å²) in [6.07, 6.45) is 1.43. The van der Waals surface area contributed by atoms with Crippen molar-refractivity contribution in [2.45, 2.75) is 20.0 Å². The van der Waals surface area contributed by atoms with Gasteiger partial charge in [0, 0.05) is 6.08 Å². The van der Waals surface area contributed by atoms with E-state index in [1.807, 2.05) is 6.92 Å². The van der Waals surface area contributed by atoms with Crippen molar-refractivity contribution in [2.75, 3.05) is 11.9 Å². The lowest BCUT2D eigenvalue weighted by molar-refractivity contribution is -0.148. The lowest BCUT2D eigenvalue weighted by atomic mass is 10.2. The van der Waals surface area contributed by atoms with Crippen molar-refractivity contribution in [3.8, 4) is 5.75 Å². The van der Waals surface area contributed by atoms with Crippen LogP contribution in [0.25, 0.3) is 6.08 Å². The van der Waals surface area contributed by atoms with Crippen LogP contribution in [0.5, 0.6) is 5.75 Å². The maximum atomic E-state index is 13.5. The lowest BCUT2D eigenvalue weighted by Crippen LogP contribution is -2.30. The van der Waals surface area contributed by atoms with E-state index in [2.05, 4.69) is 5.32 Å². The van der Waals surface area contributed by atoms with Gasteiger partial charge >= 0.3 is 5.97 Å². The van der Waals surface area contributed by atoms with E-state index in [4.69, 9.17) is 9.47 Å². The van der Waals surface area contributed by atoms with E-state index in [9.17, 15) is 18.4 Å². The van der Waals surface area contributed by atoms with E-state index >= 15 is 0 Å². The Labute approximate surface area is 155 Å². The zero-order chi connectivity index (χ0) is 19.8. The summed E-state index contributed by atoms with van der Waals surface area (Å²) in [4.78, 5) is 23.8. The first kappa shape index (κ1) is 20.1. The molecule has 1 atom stereocenters. The van der Waals surface area contributed by atoms with Crippen LogP contribution in [0.1, 0.15) is 19.4 Å². The number of para-hydroxylation sites is 1. The minimum atomic E-state index is -1.23. The van der Waals surface area contributed by atoms with E-state index in [0.717, 1.165) is 23.8 Å². The smallest absolute Gasteiger partial charge is 0.331 e. The molecule has 0 bridgehead atoms. The Morgan fingerprint density at radius 3 is 2.33 bits per heavy atom. The quantitative estimate of drug-likeness (QED) is 0.588. The number of hydrogen-bond donors (Lipinski definition) is 1. The van der Waals surface area contributed by atoms with Gasteiger partial charge in [0.15, 0.2) is 6.10 Å². The molecule has 0 saturated heterocycles. The van der Waals surface area contributed by atoms with Gasteiger partial charge in [0.1, 0.15) is 23.1 Å². The number of benzene rings is 2. The van der Waals surface area contributed by atoms with Crippen molar-refractivity contribution in [3.63, 3.8) is 0 Å². The number of halogens is 2. The van der Waals surface area contributed by atoms with Crippen molar-refractivity contribution < 1.29 is 27.8 Å². The highest BCUT2D eigenvalue weighted by Gasteiger charge is 2.19. The second kappa shape index (κ2) is 9.47. The molecule has 0 radical (unpaired) electrons. The summed E-state index contributed by atoms with van der Waals surface area (Å²) in [5, 5.41) is 2.07. The van der Waals surface area contributed by atoms with Crippen molar-refractivity contribution in [2.24, 2.45) is 0 Å². The SMILES string of the molecule is CCOc1ccc(/C=C/C(=O)O[C@H](C)C(=O)Nc2c(F)cccc2F)cc1. The van der Waals surface area contributed by atoms with Crippen LogP contribution in [-0.2, 0) is 14.3 Å². The van der Waals surface area contributed by atoms with Gasteiger partial charge in [-0.1, -0.05) is 18.2 Å². The van der Waals surface area contributed by atoms with Crippen LogP contribution in [0.4, 0.5) is 14.5 Å². The molecule has 7 heteroatoms. The fourth-order valence-corrected chi connectivity index (χ4v) is 2.12. The van der Waals surface area contributed by atoms with Crippen LogP contribution in [0.15, 0.2) is 48.5 Å². The standard InChI is InChI=1S/C20H19F2NO4/c1-3-26-15-10-7-14(8-11-15)9-12-18(24)27-13(2)20(25)23-19-16(21)5-4-6-17(19)22/h4-13H,3H2,1-2H3,(H,23,25)/b12-9+/t13-/m1/s1. The van der Waals surface area contributed by atoms with Crippen molar-refractivity contribution in [1.82, 2.24) is 0 Å². The van der Waals surface area contributed by atoms with Crippen LogP contribution in [0, 0.1) is 11.6 Å². The molecule has 0 aromatic heterocycles. The molecule has 0 aliphatic carbocycles. The Morgan fingerprint density at radius 2 is 1.74 bits per heavy atom. The Hall–Kier alpha value is -3.22. The number of carbonyl (C=O) groups excluding carboxylic acids is 2. The molecule has 0 fully saturated rings. The van der Waals surface area contributed by atoms with Gasteiger partial charge in [-0.2, -0.15) is 0 Å². The highest BCUT2D eigenvalue weighted by atomic mass is 19.1. The average molecular weight is 375 g/mol. The van der Waals surface area contributed by atoms with Crippen LogP contribution >= 0.6 is 0 Å². The summed E-state index contributed by atoms with van der Waals surface area (Å²) in [5.74, 6) is -2.74. The molecule has 0 unspecified atom stereocenters. The van der Waals surface area contributed by atoms with Gasteiger partial charge in [-0.15, -0.1) is 0 Å². The summed E-state index contributed by atoms with van der Waals surface area (Å²) >= 11 is 0. The predicted molar refractivity (Wildman–Crippen MR) is 97.2 cm³/mol. The minimum Gasteiger partial charge on any atom is -0.494 e. The molecule has 1 amide bonds. The van der Waals surface area contributed by atoms with Gasteiger partial charge in [0.25, 0.3) is 5.91 Å². The normalized spacial score (nSPS) is 11.9. The molecule has 5 nitrogen and oxygen atoms in total. The van der Waals surface area contributed by atoms with Gasteiger partial charge < -0.3 is 14.8 Å². The summed E-state index contributed by atoms with van der Waals surface area (Å²) < 4.78 is 37.3. The van der Waals surface area contributed by atoms with E-state index in [-0.39, 0.29) is 0 Å². The number of rotatable bonds is 7. The highest BCUT2D eigenvalue weighted by Crippen LogP contribution is 2.18. The molecule has 0 heterocycles. The van der Waals surface area contributed by atoms with Gasteiger partial charge in [-0.3, -0.25) is 4.79 Å². The Morgan fingerprint density at radius 1 is 1.11 bits per heavy atom. The average Bonchev–Trinajstić information content (AvgIpc) is 2.64. The first-order chi connectivity index (χ1) is 12.9. The maximum Gasteiger partial charge on any atom is 0.331 e. The summed E-state index contributed by atoms with van der Waals surface area (Å²) in [6, 6.07) is 10.2. The number of carbonyl (C=O) groups is 2. The molecule has 0 aliphatic heterocycles. The first-order valence-electron chi connectivity index (χ1n) is 8.27. The van der Waals surface area contributed by atoms with Crippen LogP contribution < -0.4 is 10.1 Å². The van der Waals surface area contributed by atoms with E-state index in [1.165, 1.54) is 19.1 Å². The van der Waals surface area contributed by atoms with Crippen LogP contribution in [0.2, 0.25) is 0 Å². The molecule has 142 valence electrons. The van der Waals surface area contributed by atoms with E-state index < -0.39 is 35.3 Å². The largest absolute Gasteiger partial charge is 0.494 e. The maximum absolute atomic E-state index is 13.5. The number of amides is 1. The number of esters is 1. The number of anilines is 1. The highest BCUT2D eigenvalue weighted by molar-refractivity contribution is 5.96. The fraction of sp³-hybridized carbons (Fsp3) is 0.200. The third-order valence-electron chi connectivity index (χ3n) is 3.48. The third-order valence-corrected chi connectivity index (χ3v) is 3.48. The van der Waals surface area contributed by atoms with Gasteiger partial charge in [-0.05, 0) is 49.8 Å².